The van der Waals surface area contributed by atoms with Gasteiger partial charge in [-0.05, 0) is 37.8 Å². The number of hydrogen-bond acceptors (Lipinski definition) is 2. The Morgan fingerprint density at radius 3 is 2.67 bits per heavy atom. The number of rotatable bonds is 7. The lowest BCUT2D eigenvalue weighted by atomic mass is 9.92. The summed E-state index contributed by atoms with van der Waals surface area (Å²) in [7, 11) is 0. The van der Waals surface area contributed by atoms with Crippen LogP contribution in [0.25, 0.3) is 0 Å². The maximum Gasteiger partial charge on any atom is 0.0946 e. The Morgan fingerprint density at radius 1 is 1.24 bits per heavy atom. The van der Waals surface area contributed by atoms with E-state index in [0.29, 0.717) is 0 Å². The van der Waals surface area contributed by atoms with Gasteiger partial charge in [-0.25, -0.2) is 0 Å². The van der Waals surface area contributed by atoms with Crippen LogP contribution >= 0.6 is 0 Å². The Morgan fingerprint density at radius 2 is 2.00 bits per heavy atom. The van der Waals surface area contributed by atoms with Crippen molar-refractivity contribution in [1.82, 2.24) is 10.2 Å². The first-order chi connectivity index (χ1) is 10.2. The first-order valence-corrected chi connectivity index (χ1v) is 8.76. The van der Waals surface area contributed by atoms with E-state index >= 15 is 0 Å². The van der Waals surface area contributed by atoms with E-state index < -0.39 is 0 Å². The summed E-state index contributed by atoms with van der Waals surface area (Å²) in [4.78, 5) is 2.68. The van der Waals surface area contributed by atoms with Crippen LogP contribution in [-0.4, -0.2) is 24.5 Å². The minimum absolute atomic E-state index is 0.000849. The molecule has 118 valence electrons. The van der Waals surface area contributed by atoms with Gasteiger partial charge in [0.1, 0.15) is 0 Å². The average Bonchev–Trinajstić information content (AvgIpc) is 2.54. The third-order valence-electron chi connectivity index (χ3n) is 5.06. The highest BCUT2D eigenvalue weighted by Gasteiger charge is 2.36. The first kappa shape index (κ1) is 16.5. The summed E-state index contributed by atoms with van der Waals surface area (Å²) < 4.78 is 0. The van der Waals surface area contributed by atoms with Gasteiger partial charge in [0, 0.05) is 13.1 Å². The summed E-state index contributed by atoms with van der Waals surface area (Å²) in [6, 6.07) is 10.9. The molecule has 1 saturated heterocycles. The molecular formula is C19H32N2. The first-order valence-electron chi connectivity index (χ1n) is 8.76. The number of hydrogen-bond donors (Lipinski definition) is 1. The molecule has 1 aliphatic rings. The van der Waals surface area contributed by atoms with Gasteiger partial charge in [0.15, 0.2) is 0 Å². The smallest absolute Gasteiger partial charge is 0.0946 e. The van der Waals surface area contributed by atoms with E-state index in [9.17, 15) is 0 Å². The Balaban J connectivity index is 2.11. The monoisotopic (exact) mass is 288 g/mol. The number of nitrogens with zero attached hydrogens (tertiary/aromatic N) is 1. The molecule has 1 aliphatic heterocycles. The van der Waals surface area contributed by atoms with Crippen molar-refractivity contribution in [3.63, 3.8) is 0 Å². The lowest BCUT2D eigenvalue weighted by Crippen LogP contribution is -2.59. The van der Waals surface area contributed by atoms with E-state index in [0.717, 1.165) is 12.5 Å². The molecule has 0 radical (unpaired) electrons. The van der Waals surface area contributed by atoms with Crippen molar-refractivity contribution in [2.45, 2.75) is 58.5 Å². The molecule has 1 heterocycles. The second-order valence-corrected chi connectivity index (χ2v) is 6.58. The van der Waals surface area contributed by atoms with Crippen LogP contribution in [0.2, 0.25) is 0 Å². The van der Waals surface area contributed by atoms with Crippen LogP contribution in [0.3, 0.4) is 0 Å². The van der Waals surface area contributed by atoms with Crippen LogP contribution in [0, 0.1) is 5.92 Å². The molecule has 0 aromatic heterocycles. The van der Waals surface area contributed by atoms with E-state index in [-0.39, 0.29) is 5.66 Å². The zero-order chi connectivity index (χ0) is 15.1. The van der Waals surface area contributed by atoms with Gasteiger partial charge in [0.05, 0.1) is 5.66 Å². The molecule has 0 saturated carbocycles. The summed E-state index contributed by atoms with van der Waals surface area (Å²) in [5.74, 6) is 0.827. The zero-order valence-electron chi connectivity index (χ0n) is 14.1. The minimum Gasteiger partial charge on any atom is -0.296 e. The molecule has 0 amide bonds. The molecule has 1 aromatic carbocycles. The van der Waals surface area contributed by atoms with Gasteiger partial charge < -0.3 is 0 Å². The van der Waals surface area contributed by atoms with E-state index in [4.69, 9.17) is 0 Å². The number of nitrogens with one attached hydrogen (secondary N) is 1. The molecule has 21 heavy (non-hydrogen) atoms. The van der Waals surface area contributed by atoms with Crippen LogP contribution < -0.4 is 5.32 Å². The summed E-state index contributed by atoms with van der Waals surface area (Å²) in [5, 5.41) is 3.77. The molecular weight excluding hydrogens is 256 g/mol. The van der Waals surface area contributed by atoms with Crippen LogP contribution in [-0.2, 0) is 5.66 Å². The third-order valence-corrected chi connectivity index (χ3v) is 5.06. The van der Waals surface area contributed by atoms with Gasteiger partial charge in [-0.2, -0.15) is 0 Å². The fourth-order valence-corrected chi connectivity index (χ4v) is 3.49. The fraction of sp³-hybridized carbons (Fsp3) is 0.684. The zero-order valence-corrected chi connectivity index (χ0v) is 14.1. The fourth-order valence-electron chi connectivity index (χ4n) is 3.49. The van der Waals surface area contributed by atoms with Gasteiger partial charge in [0.25, 0.3) is 0 Å². The van der Waals surface area contributed by atoms with Crippen LogP contribution in [0.1, 0.15) is 58.4 Å². The van der Waals surface area contributed by atoms with Gasteiger partial charge in [-0.3, -0.25) is 10.2 Å². The van der Waals surface area contributed by atoms with Crippen molar-refractivity contribution in [3.05, 3.63) is 35.9 Å². The maximum absolute atomic E-state index is 3.77. The van der Waals surface area contributed by atoms with Gasteiger partial charge in [-0.1, -0.05) is 63.4 Å². The standard InChI is InChI=1S/C19H32N2/c1-4-6-11-17(5-2)16-21-15-10-14-20-19(21,3)18-12-8-7-9-13-18/h7-9,12-13,17,20H,4-6,10-11,14-16H2,1-3H3. The molecule has 0 bridgehead atoms. The lowest BCUT2D eigenvalue weighted by Gasteiger charge is -2.47. The van der Waals surface area contributed by atoms with Crippen molar-refractivity contribution in [3.8, 4) is 0 Å². The van der Waals surface area contributed by atoms with Crippen molar-refractivity contribution in [2.24, 2.45) is 5.92 Å². The Kier molecular flexibility index (Phi) is 6.25. The second-order valence-electron chi connectivity index (χ2n) is 6.58. The predicted octanol–water partition coefficient (Wildman–Crippen LogP) is 4.37. The Hall–Kier alpha value is -0.860. The van der Waals surface area contributed by atoms with Crippen molar-refractivity contribution in [1.29, 1.82) is 0 Å². The maximum atomic E-state index is 3.77. The molecule has 1 fully saturated rings. The van der Waals surface area contributed by atoms with Gasteiger partial charge >= 0.3 is 0 Å². The van der Waals surface area contributed by atoms with Crippen molar-refractivity contribution in [2.75, 3.05) is 19.6 Å². The highest BCUT2D eigenvalue weighted by molar-refractivity contribution is 5.23. The molecule has 2 atom stereocenters. The molecule has 2 nitrogen and oxygen atoms in total. The number of benzene rings is 1. The summed E-state index contributed by atoms with van der Waals surface area (Å²) in [6.45, 7) is 10.5. The molecule has 1 N–H and O–H groups in total. The molecule has 2 rings (SSSR count). The number of unbranched alkanes of at least 4 members (excludes halogenated alkanes) is 1. The van der Waals surface area contributed by atoms with Gasteiger partial charge in [-0.15, -0.1) is 0 Å². The molecule has 0 spiro atoms. The minimum atomic E-state index is -0.000849. The van der Waals surface area contributed by atoms with Crippen LogP contribution in [0.5, 0.6) is 0 Å². The van der Waals surface area contributed by atoms with Gasteiger partial charge in [0.2, 0.25) is 0 Å². The summed E-state index contributed by atoms with van der Waals surface area (Å²) in [5.41, 5.74) is 1.40. The highest BCUT2D eigenvalue weighted by Crippen LogP contribution is 2.30. The van der Waals surface area contributed by atoms with E-state index in [1.165, 1.54) is 50.8 Å². The Labute approximate surface area is 130 Å². The largest absolute Gasteiger partial charge is 0.296 e. The van der Waals surface area contributed by atoms with Crippen LogP contribution in [0.4, 0.5) is 0 Å². The highest BCUT2D eigenvalue weighted by atomic mass is 15.3. The van der Waals surface area contributed by atoms with E-state index in [1.807, 2.05) is 0 Å². The molecule has 2 heteroatoms. The summed E-state index contributed by atoms with van der Waals surface area (Å²) in [6.07, 6.45) is 6.59. The van der Waals surface area contributed by atoms with Crippen LogP contribution in [0.15, 0.2) is 30.3 Å². The Bertz CT molecular complexity index is 403. The normalized spacial score (nSPS) is 24.9. The quantitative estimate of drug-likeness (QED) is 0.801. The molecule has 2 unspecified atom stereocenters. The SMILES string of the molecule is CCCCC(CC)CN1CCCNC1(C)c1ccccc1. The third kappa shape index (κ3) is 4.08. The molecule has 1 aromatic rings. The van der Waals surface area contributed by atoms with Crippen molar-refractivity contribution < 1.29 is 0 Å². The molecule has 0 aliphatic carbocycles. The second kappa shape index (κ2) is 7.95. The topological polar surface area (TPSA) is 15.3 Å². The predicted molar refractivity (Wildman–Crippen MR) is 91.3 cm³/mol. The lowest BCUT2D eigenvalue weighted by molar-refractivity contribution is 0.0222. The summed E-state index contributed by atoms with van der Waals surface area (Å²) >= 11 is 0. The average molecular weight is 288 g/mol. The van der Waals surface area contributed by atoms with E-state index in [2.05, 4.69) is 61.3 Å². The van der Waals surface area contributed by atoms with E-state index in [1.54, 1.807) is 0 Å². The van der Waals surface area contributed by atoms with Crippen molar-refractivity contribution >= 4 is 0 Å².